The van der Waals surface area contributed by atoms with Gasteiger partial charge in [-0.25, -0.2) is 14.8 Å². The first-order valence-electron chi connectivity index (χ1n) is 10.2. The highest BCUT2D eigenvalue weighted by Gasteiger charge is 2.25. The second-order valence-electron chi connectivity index (χ2n) is 7.47. The van der Waals surface area contributed by atoms with E-state index in [9.17, 15) is 4.79 Å². The molecule has 0 spiro atoms. The van der Waals surface area contributed by atoms with Crippen LogP contribution in [-0.4, -0.2) is 36.7 Å². The van der Waals surface area contributed by atoms with Gasteiger partial charge >= 0.3 is 5.97 Å². The first-order valence-corrected chi connectivity index (χ1v) is 10.6. The molecule has 5 rings (SSSR count). The van der Waals surface area contributed by atoms with Crippen LogP contribution in [0.5, 0.6) is 5.75 Å². The lowest BCUT2D eigenvalue weighted by Gasteiger charge is -2.21. The molecule has 1 aliphatic heterocycles. The summed E-state index contributed by atoms with van der Waals surface area (Å²) >= 11 is 6.45. The zero-order valence-electron chi connectivity index (χ0n) is 17.6. The molecule has 1 aromatic heterocycles. The average Bonchev–Trinajstić information content (AvgIpc) is 3.25. The fourth-order valence-electron chi connectivity index (χ4n) is 4.05. The van der Waals surface area contributed by atoms with Crippen LogP contribution in [0.4, 0.5) is 11.5 Å². The van der Waals surface area contributed by atoms with Crippen LogP contribution in [0.25, 0.3) is 22.3 Å². The fourth-order valence-corrected chi connectivity index (χ4v) is 4.27. The Morgan fingerprint density at radius 3 is 2.66 bits per heavy atom. The lowest BCUT2D eigenvalue weighted by molar-refractivity contribution is 0.0601. The van der Waals surface area contributed by atoms with Gasteiger partial charge in [-0.2, -0.15) is 0 Å². The summed E-state index contributed by atoms with van der Waals surface area (Å²) < 4.78 is 10.3. The SMILES string of the molecule is COC(=O)c1ccc2nc(-c3ccccc3Cl)nc(N3CCc4cc(OC)ccc43)c2c1. The Kier molecular flexibility index (Phi) is 5.15. The van der Waals surface area contributed by atoms with E-state index in [4.69, 9.17) is 31.0 Å². The number of hydrogen-bond acceptors (Lipinski definition) is 6. The zero-order chi connectivity index (χ0) is 22.2. The Hall–Kier alpha value is -3.64. The summed E-state index contributed by atoms with van der Waals surface area (Å²) in [5.74, 6) is 1.67. The molecule has 0 N–H and O–H groups in total. The Morgan fingerprint density at radius 1 is 1.03 bits per heavy atom. The van der Waals surface area contributed by atoms with Crippen molar-refractivity contribution in [2.45, 2.75) is 6.42 Å². The number of fused-ring (bicyclic) bond motifs is 2. The molecule has 4 aromatic rings. The molecule has 160 valence electrons. The van der Waals surface area contributed by atoms with E-state index in [1.807, 2.05) is 48.5 Å². The van der Waals surface area contributed by atoms with Crippen molar-refractivity contribution in [1.82, 2.24) is 9.97 Å². The van der Waals surface area contributed by atoms with E-state index in [1.54, 1.807) is 19.2 Å². The molecule has 32 heavy (non-hydrogen) atoms. The average molecular weight is 446 g/mol. The molecular formula is C25H20ClN3O3. The lowest BCUT2D eigenvalue weighted by Crippen LogP contribution is -2.16. The normalized spacial score (nSPS) is 12.7. The molecule has 0 unspecified atom stereocenters. The molecular weight excluding hydrogens is 426 g/mol. The van der Waals surface area contributed by atoms with Crippen LogP contribution < -0.4 is 9.64 Å². The number of aromatic nitrogens is 2. The van der Waals surface area contributed by atoms with Crippen molar-refractivity contribution in [2.75, 3.05) is 25.7 Å². The Morgan fingerprint density at radius 2 is 1.88 bits per heavy atom. The number of carbonyl (C=O) groups excluding carboxylic acids is 1. The number of ether oxygens (including phenoxy) is 2. The second-order valence-corrected chi connectivity index (χ2v) is 7.88. The highest BCUT2D eigenvalue weighted by molar-refractivity contribution is 6.33. The summed E-state index contributed by atoms with van der Waals surface area (Å²) in [7, 11) is 3.03. The Bertz CT molecular complexity index is 1360. The number of nitrogens with zero attached hydrogens (tertiary/aromatic N) is 3. The number of carbonyl (C=O) groups is 1. The maximum atomic E-state index is 12.2. The van der Waals surface area contributed by atoms with Crippen molar-refractivity contribution in [3.05, 3.63) is 76.8 Å². The van der Waals surface area contributed by atoms with Crippen molar-refractivity contribution < 1.29 is 14.3 Å². The summed E-state index contributed by atoms with van der Waals surface area (Å²) in [6.07, 6.45) is 0.857. The van der Waals surface area contributed by atoms with E-state index in [1.165, 1.54) is 12.7 Å². The Balaban J connectivity index is 1.74. The van der Waals surface area contributed by atoms with Crippen LogP contribution >= 0.6 is 11.6 Å². The van der Waals surface area contributed by atoms with Gasteiger partial charge in [0, 0.05) is 23.2 Å². The number of hydrogen-bond donors (Lipinski definition) is 0. The largest absolute Gasteiger partial charge is 0.497 e. The van der Waals surface area contributed by atoms with Gasteiger partial charge in [-0.1, -0.05) is 23.7 Å². The zero-order valence-corrected chi connectivity index (χ0v) is 18.4. The van der Waals surface area contributed by atoms with Crippen molar-refractivity contribution in [1.29, 1.82) is 0 Å². The van der Waals surface area contributed by atoms with E-state index in [-0.39, 0.29) is 0 Å². The number of esters is 1. The summed E-state index contributed by atoms with van der Waals surface area (Å²) in [6, 6.07) is 18.8. The summed E-state index contributed by atoms with van der Waals surface area (Å²) in [5.41, 5.74) is 4.16. The summed E-state index contributed by atoms with van der Waals surface area (Å²) in [5, 5.41) is 1.35. The highest BCUT2D eigenvalue weighted by Crippen LogP contribution is 2.40. The molecule has 0 aliphatic carbocycles. The number of rotatable bonds is 4. The number of benzene rings is 3. The van der Waals surface area contributed by atoms with Gasteiger partial charge in [-0.15, -0.1) is 0 Å². The van der Waals surface area contributed by atoms with E-state index < -0.39 is 5.97 Å². The highest BCUT2D eigenvalue weighted by atomic mass is 35.5. The second kappa shape index (κ2) is 8.13. The first-order chi connectivity index (χ1) is 15.6. The summed E-state index contributed by atoms with van der Waals surface area (Å²) in [6.45, 7) is 0.749. The molecule has 2 heterocycles. The predicted octanol–water partition coefficient (Wildman–Crippen LogP) is 5.44. The maximum absolute atomic E-state index is 12.2. The van der Waals surface area contributed by atoms with Crippen LogP contribution in [0.3, 0.4) is 0 Å². The summed E-state index contributed by atoms with van der Waals surface area (Å²) in [4.78, 5) is 24.0. The quantitative estimate of drug-likeness (QED) is 0.390. The monoisotopic (exact) mass is 445 g/mol. The maximum Gasteiger partial charge on any atom is 0.337 e. The molecule has 3 aromatic carbocycles. The molecule has 0 saturated heterocycles. The van der Waals surface area contributed by atoms with E-state index >= 15 is 0 Å². The number of anilines is 2. The van der Waals surface area contributed by atoms with Crippen molar-refractivity contribution in [3.63, 3.8) is 0 Å². The van der Waals surface area contributed by atoms with E-state index in [0.29, 0.717) is 16.4 Å². The fraction of sp³-hybridized carbons (Fsp3) is 0.160. The third kappa shape index (κ3) is 3.42. The third-order valence-electron chi connectivity index (χ3n) is 5.65. The van der Waals surface area contributed by atoms with E-state index in [0.717, 1.165) is 46.7 Å². The predicted molar refractivity (Wildman–Crippen MR) is 125 cm³/mol. The van der Waals surface area contributed by atoms with Crippen molar-refractivity contribution >= 4 is 40.0 Å². The van der Waals surface area contributed by atoms with Gasteiger partial charge in [0.25, 0.3) is 0 Å². The minimum absolute atomic E-state index is 0.403. The van der Waals surface area contributed by atoms with Gasteiger partial charge in [-0.05, 0) is 60.5 Å². The van der Waals surface area contributed by atoms with Crippen LogP contribution in [0.2, 0.25) is 5.02 Å². The van der Waals surface area contributed by atoms with Gasteiger partial charge in [-0.3, -0.25) is 0 Å². The van der Waals surface area contributed by atoms with Crippen molar-refractivity contribution in [3.8, 4) is 17.1 Å². The molecule has 0 radical (unpaired) electrons. The minimum Gasteiger partial charge on any atom is -0.497 e. The third-order valence-corrected chi connectivity index (χ3v) is 5.98. The Labute approximate surface area is 190 Å². The standard InChI is InChI=1S/C25H20ClN3O3/c1-31-17-8-10-22-15(13-17)11-12-29(22)24-19-14-16(25(30)32-2)7-9-21(19)27-23(28-24)18-5-3-4-6-20(18)26/h3-10,13-14H,11-12H2,1-2H3. The van der Waals surface area contributed by atoms with Gasteiger partial charge < -0.3 is 14.4 Å². The van der Waals surface area contributed by atoms with Gasteiger partial charge in [0.15, 0.2) is 5.82 Å². The number of halogens is 1. The smallest absolute Gasteiger partial charge is 0.337 e. The molecule has 0 saturated carbocycles. The van der Waals surface area contributed by atoms with E-state index in [2.05, 4.69) is 4.90 Å². The van der Waals surface area contributed by atoms with Crippen LogP contribution in [0.15, 0.2) is 60.7 Å². The van der Waals surface area contributed by atoms with Gasteiger partial charge in [0.1, 0.15) is 11.6 Å². The van der Waals surface area contributed by atoms with Crippen LogP contribution in [0.1, 0.15) is 15.9 Å². The molecule has 6 nitrogen and oxygen atoms in total. The minimum atomic E-state index is -0.403. The first kappa shape index (κ1) is 20.3. The van der Waals surface area contributed by atoms with Crippen LogP contribution in [-0.2, 0) is 11.2 Å². The lowest BCUT2D eigenvalue weighted by atomic mass is 10.1. The molecule has 0 atom stereocenters. The molecule has 7 heteroatoms. The topological polar surface area (TPSA) is 64.5 Å². The van der Waals surface area contributed by atoms with Crippen molar-refractivity contribution in [2.24, 2.45) is 0 Å². The van der Waals surface area contributed by atoms with Gasteiger partial charge in [0.05, 0.1) is 30.3 Å². The molecule has 0 bridgehead atoms. The van der Waals surface area contributed by atoms with Crippen LogP contribution in [0, 0.1) is 0 Å². The molecule has 0 amide bonds. The van der Waals surface area contributed by atoms with Gasteiger partial charge in [0.2, 0.25) is 0 Å². The number of methoxy groups -OCH3 is 2. The molecule has 0 fully saturated rings. The molecule has 1 aliphatic rings.